The van der Waals surface area contributed by atoms with E-state index in [1.54, 1.807) is 10.6 Å². The van der Waals surface area contributed by atoms with Crippen molar-refractivity contribution in [2.45, 2.75) is 25.2 Å². The van der Waals surface area contributed by atoms with Crippen LogP contribution in [0.25, 0.3) is 0 Å². The molecule has 26 heavy (non-hydrogen) atoms. The Morgan fingerprint density at radius 3 is 2.88 bits per heavy atom. The van der Waals surface area contributed by atoms with Gasteiger partial charge in [0.25, 0.3) is 0 Å². The van der Waals surface area contributed by atoms with Gasteiger partial charge in [0.15, 0.2) is 5.16 Å². The number of aromatic nitrogens is 2. The third kappa shape index (κ3) is 5.75. The minimum atomic E-state index is -0.238. The van der Waals surface area contributed by atoms with E-state index in [9.17, 15) is 14.7 Å². The zero-order chi connectivity index (χ0) is 18.9. The molecule has 0 spiro atoms. The maximum absolute atomic E-state index is 12.1. The van der Waals surface area contributed by atoms with Gasteiger partial charge < -0.3 is 20.3 Å². The Hall–Kier alpha value is -2.58. The number of aliphatic hydroxyl groups is 1. The van der Waals surface area contributed by atoms with E-state index in [2.05, 4.69) is 22.2 Å². The van der Waals surface area contributed by atoms with Crippen molar-refractivity contribution in [3.63, 3.8) is 0 Å². The van der Waals surface area contributed by atoms with Crippen molar-refractivity contribution >= 4 is 29.3 Å². The van der Waals surface area contributed by atoms with Gasteiger partial charge in [-0.05, 0) is 24.6 Å². The van der Waals surface area contributed by atoms with Crippen molar-refractivity contribution in [2.24, 2.45) is 0 Å². The van der Waals surface area contributed by atoms with Crippen LogP contribution in [-0.2, 0) is 22.7 Å². The molecule has 2 rings (SSSR count). The second-order valence-electron chi connectivity index (χ2n) is 5.58. The second-order valence-corrected chi connectivity index (χ2v) is 6.52. The van der Waals surface area contributed by atoms with Crippen LogP contribution in [0.3, 0.4) is 0 Å². The smallest absolute Gasteiger partial charge is 0.240 e. The molecule has 3 N–H and O–H groups in total. The molecule has 1 aromatic heterocycles. The molecule has 0 radical (unpaired) electrons. The summed E-state index contributed by atoms with van der Waals surface area (Å²) >= 11 is 1.21. The average Bonchev–Trinajstić information content (AvgIpc) is 3.00. The van der Waals surface area contributed by atoms with E-state index in [4.69, 9.17) is 0 Å². The van der Waals surface area contributed by atoms with Gasteiger partial charge >= 0.3 is 0 Å². The maximum Gasteiger partial charge on any atom is 0.240 e. The quantitative estimate of drug-likeness (QED) is 0.459. The van der Waals surface area contributed by atoms with Gasteiger partial charge in [-0.3, -0.25) is 9.59 Å². The largest absolute Gasteiger partial charge is 0.390 e. The standard InChI is InChI=1S/C18H22N4O3S/c1-3-7-19-16(24)10-22-15(11-23)9-20-18(22)26-12-17(25)21-14-6-4-5-13(2)8-14/h3-6,8-9,23H,1,7,10-12H2,2H3,(H,19,24)(H,21,25). The number of carbonyl (C=O) groups is 2. The number of anilines is 1. The van der Waals surface area contributed by atoms with Gasteiger partial charge in [0.2, 0.25) is 11.8 Å². The van der Waals surface area contributed by atoms with Crippen LogP contribution in [-0.4, -0.2) is 38.8 Å². The third-order valence-corrected chi connectivity index (χ3v) is 4.43. The second kappa shape index (κ2) is 9.79. The van der Waals surface area contributed by atoms with Crippen LogP contribution >= 0.6 is 11.8 Å². The number of carbonyl (C=O) groups excluding carboxylic acids is 2. The summed E-state index contributed by atoms with van der Waals surface area (Å²) in [5, 5.41) is 15.4. The molecule has 0 unspecified atom stereocenters. The van der Waals surface area contributed by atoms with Crippen LogP contribution in [0.2, 0.25) is 0 Å². The molecular weight excluding hydrogens is 352 g/mol. The fourth-order valence-electron chi connectivity index (χ4n) is 2.24. The summed E-state index contributed by atoms with van der Waals surface area (Å²) in [7, 11) is 0. The van der Waals surface area contributed by atoms with Crippen LogP contribution in [0.1, 0.15) is 11.3 Å². The number of nitrogens with zero attached hydrogens (tertiary/aromatic N) is 2. The number of thioether (sulfide) groups is 1. The van der Waals surface area contributed by atoms with Crippen LogP contribution < -0.4 is 10.6 Å². The van der Waals surface area contributed by atoms with Crippen molar-refractivity contribution in [1.82, 2.24) is 14.9 Å². The first-order valence-electron chi connectivity index (χ1n) is 8.05. The fraction of sp³-hybridized carbons (Fsp3) is 0.278. The van der Waals surface area contributed by atoms with Crippen LogP contribution in [0.5, 0.6) is 0 Å². The van der Waals surface area contributed by atoms with Crippen molar-refractivity contribution < 1.29 is 14.7 Å². The van der Waals surface area contributed by atoms with E-state index in [1.807, 2.05) is 31.2 Å². The summed E-state index contributed by atoms with van der Waals surface area (Å²) < 4.78 is 1.60. The molecule has 0 fully saturated rings. The Kier molecular flexibility index (Phi) is 7.43. The van der Waals surface area contributed by atoms with E-state index in [1.165, 1.54) is 18.0 Å². The average molecular weight is 374 g/mol. The number of amides is 2. The molecule has 0 bridgehead atoms. The van der Waals surface area contributed by atoms with E-state index in [0.717, 1.165) is 11.3 Å². The highest BCUT2D eigenvalue weighted by atomic mass is 32.2. The molecule has 7 nitrogen and oxygen atoms in total. The molecule has 0 aliphatic rings. The lowest BCUT2D eigenvalue weighted by atomic mass is 10.2. The summed E-state index contributed by atoms with van der Waals surface area (Å²) in [5.74, 6) is -0.245. The molecular formula is C18H22N4O3S. The predicted molar refractivity (Wildman–Crippen MR) is 102 cm³/mol. The van der Waals surface area contributed by atoms with Gasteiger partial charge in [0, 0.05) is 12.2 Å². The summed E-state index contributed by atoms with van der Waals surface area (Å²) in [4.78, 5) is 28.3. The highest BCUT2D eigenvalue weighted by molar-refractivity contribution is 7.99. The number of rotatable bonds is 9. The number of hydrogen-bond acceptors (Lipinski definition) is 5. The molecule has 2 amide bonds. The van der Waals surface area contributed by atoms with Gasteiger partial charge in [-0.25, -0.2) is 4.98 Å². The van der Waals surface area contributed by atoms with E-state index in [-0.39, 0.29) is 30.7 Å². The Bertz CT molecular complexity index is 788. The van der Waals surface area contributed by atoms with E-state index in [0.29, 0.717) is 17.4 Å². The van der Waals surface area contributed by atoms with Crippen LogP contribution in [0.15, 0.2) is 48.3 Å². The SMILES string of the molecule is C=CCNC(=O)Cn1c(CO)cnc1SCC(=O)Nc1cccc(C)c1. The summed E-state index contributed by atoms with van der Waals surface area (Å²) in [6.07, 6.45) is 3.09. The molecule has 0 saturated carbocycles. The monoisotopic (exact) mass is 374 g/mol. The molecule has 1 heterocycles. The molecule has 2 aromatic rings. The molecule has 0 saturated heterocycles. The van der Waals surface area contributed by atoms with E-state index < -0.39 is 0 Å². The topological polar surface area (TPSA) is 96.2 Å². The van der Waals surface area contributed by atoms with Crippen LogP contribution in [0.4, 0.5) is 5.69 Å². The van der Waals surface area contributed by atoms with Gasteiger partial charge in [-0.1, -0.05) is 30.0 Å². The van der Waals surface area contributed by atoms with Gasteiger partial charge in [0.1, 0.15) is 6.54 Å². The predicted octanol–water partition coefficient (Wildman–Crippen LogP) is 1.72. The first-order chi connectivity index (χ1) is 12.5. The molecule has 0 aliphatic heterocycles. The van der Waals surface area contributed by atoms with Crippen LogP contribution in [0, 0.1) is 6.92 Å². The highest BCUT2D eigenvalue weighted by Crippen LogP contribution is 2.19. The molecule has 1 aromatic carbocycles. The lowest BCUT2D eigenvalue weighted by Gasteiger charge is -2.10. The normalized spacial score (nSPS) is 10.4. The zero-order valence-corrected chi connectivity index (χ0v) is 15.4. The van der Waals surface area contributed by atoms with E-state index >= 15 is 0 Å². The number of imidazole rings is 1. The summed E-state index contributed by atoms with van der Waals surface area (Å²) in [5.41, 5.74) is 2.31. The number of benzene rings is 1. The number of aryl methyl sites for hydroxylation is 1. The molecule has 0 aliphatic carbocycles. The number of aliphatic hydroxyl groups excluding tert-OH is 1. The molecule has 138 valence electrons. The fourth-order valence-corrected chi connectivity index (χ4v) is 3.04. The summed E-state index contributed by atoms with van der Waals surface area (Å²) in [6, 6.07) is 7.54. The van der Waals surface area contributed by atoms with Gasteiger partial charge in [0.05, 0.1) is 24.3 Å². The zero-order valence-electron chi connectivity index (χ0n) is 14.6. The van der Waals surface area contributed by atoms with Gasteiger partial charge in [-0.2, -0.15) is 0 Å². The van der Waals surface area contributed by atoms with Crippen molar-refractivity contribution in [3.8, 4) is 0 Å². The Labute approximate surface area is 156 Å². The third-order valence-electron chi connectivity index (χ3n) is 3.44. The molecule has 0 atom stereocenters. The van der Waals surface area contributed by atoms with Gasteiger partial charge in [-0.15, -0.1) is 6.58 Å². The van der Waals surface area contributed by atoms with Crippen molar-refractivity contribution in [1.29, 1.82) is 0 Å². The minimum Gasteiger partial charge on any atom is -0.390 e. The molecule has 8 heteroatoms. The Morgan fingerprint density at radius 1 is 1.38 bits per heavy atom. The minimum absolute atomic E-state index is 0.0194. The lowest BCUT2D eigenvalue weighted by molar-refractivity contribution is -0.121. The Balaban J connectivity index is 1.98. The Morgan fingerprint density at radius 2 is 2.19 bits per heavy atom. The number of nitrogens with one attached hydrogen (secondary N) is 2. The van der Waals surface area contributed by atoms with Crippen molar-refractivity contribution in [2.75, 3.05) is 17.6 Å². The number of hydrogen-bond donors (Lipinski definition) is 3. The van der Waals surface area contributed by atoms with Crippen molar-refractivity contribution in [3.05, 3.63) is 54.4 Å². The summed E-state index contributed by atoms with van der Waals surface area (Å²) in [6.45, 7) is 5.65. The first kappa shape index (κ1) is 19.7. The highest BCUT2D eigenvalue weighted by Gasteiger charge is 2.14. The first-order valence-corrected chi connectivity index (χ1v) is 9.04. The lowest BCUT2D eigenvalue weighted by Crippen LogP contribution is -2.28. The maximum atomic E-state index is 12.1.